The number of nitrogen functional groups attached to an aromatic ring is 1. The molecule has 5 N–H and O–H groups in total. The van der Waals surface area contributed by atoms with Gasteiger partial charge in [-0.25, -0.2) is 15.0 Å². The van der Waals surface area contributed by atoms with Crippen LogP contribution < -0.4 is 16.8 Å². The van der Waals surface area contributed by atoms with E-state index >= 15 is 0 Å². The Kier molecular flexibility index (Phi) is 3.79. The molecule has 3 aromatic heterocycles. The van der Waals surface area contributed by atoms with Crippen LogP contribution in [0, 0.1) is 0 Å². The van der Waals surface area contributed by atoms with Crippen LogP contribution in [0.25, 0.3) is 28.2 Å². The summed E-state index contributed by atoms with van der Waals surface area (Å²) in [4.78, 5) is 14.1. The quantitative estimate of drug-likeness (QED) is 0.486. The molecule has 1 fully saturated rings. The molecule has 0 radical (unpaired) electrons. The fraction of sp³-hybridized carbons (Fsp3) is 0.261. The van der Waals surface area contributed by atoms with E-state index in [-0.39, 0.29) is 6.04 Å². The summed E-state index contributed by atoms with van der Waals surface area (Å²) in [5.41, 5.74) is 18.4. The lowest BCUT2D eigenvalue weighted by molar-refractivity contribution is 0.713. The van der Waals surface area contributed by atoms with Crippen LogP contribution in [0.1, 0.15) is 36.4 Å². The maximum absolute atomic E-state index is 6.25. The topological polar surface area (TPSA) is 108 Å². The first kappa shape index (κ1) is 17.4. The Morgan fingerprint density at radius 1 is 1.03 bits per heavy atom. The Hall–Kier alpha value is -3.45. The molecule has 1 atom stereocenters. The van der Waals surface area contributed by atoms with Gasteiger partial charge in [0.2, 0.25) is 0 Å². The summed E-state index contributed by atoms with van der Waals surface area (Å²) in [6, 6.07) is 14.9. The Morgan fingerprint density at radius 2 is 1.93 bits per heavy atom. The zero-order valence-corrected chi connectivity index (χ0v) is 16.5. The predicted molar refractivity (Wildman–Crippen MR) is 118 cm³/mol. The number of aryl methyl sites for hydroxylation is 1. The van der Waals surface area contributed by atoms with Gasteiger partial charge in [-0.05, 0) is 73.2 Å². The van der Waals surface area contributed by atoms with Gasteiger partial charge in [-0.2, -0.15) is 0 Å². The minimum absolute atomic E-state index is 0.120. The van der Waals surface area contributed by atoms with E-state index in [2.05, 4.69) is 33.1 Å². The highest BCUT2D eigenvalue weighted by molar-refractivity contribution is 5.84. The molecular weight excluding hydrogens is 374 g/mol. The van der Waals surface area contributed by atoms with Crippen molar-refractivity contribution in [1.82, 2.24) is 19.5 Å². The third-order valence-electron chi connectivity index (χ3n) is 6.02. The molecule has 2 aliphatic carbocycles. The van der Waals surface area contributed by atoms with Crippen LogP contribution >= 0.6 is 0 Å². The first-order valence-corrected chi connectivity index (χ1v) is 10.4. The smallest absolute Gasteiger partial charge is 0.167 e. The highest BCUT2D eigenvalue weighted by Gasteiger charge is 2.24. The first-order valence-electron chi connectivity index (χ1n) is 10.4. The van der Waals surface area contributed by atoms with E-state index in [1.165, 1.54) is 24.0 Å². The number of benzene rings is 1. The molecule has 1 saturated carbocycles. The molecule has 7 nitrogen and oxygen atoms in total. The summed E-state index contributed by atoms with van der Waals surface area (Å²) < 4.78 is 2.09. The van der Waals surface area contributed by atoms with E-state index in [0.717, 1.165) is 46.9 Å². The van der Waals surface area contributed by atoms with Gasteiger partial charge in [0.05, 0.1) is 5.56 Å². The van der Waals surface area contributed by atoms with Gasteiger partial charge in [0.1, 0.15) is 17.2 Å². The number of fused-ring (bicyclic) bond motifs is 2. The SMILES string of the molecule is Nc1ncccc1-c1nc2ccc(NC3CC3)nc2n1-c1ccc2c(c1)CCC2N. The van der Waals surface area contributed by atoms with Crippen LogP contribution in [-0.4, -0.2) is 25.6 Å². The van der Waals surface area contributed by atoms with Crippen molar-refractivity contribution in [3.8, 4) is 17.1 Å². The van der Waals surface area contributed by atoms with Gasteiger partial charge in [0.25, 0.3) is 0 Å². The lowest BCUT2D eigenvalue weighted by Gasteiger charge is -2.13. The number of nitrogens with two attached hydrogens (primary N) is 2. The molecule has 1 unspecified atom stereocenters. The first-order chi connectivity index (χ1) is 14.7. The van der Waals surface area contributed by atoms with Gasteiger partial charge in [-0.1, -0.05) is 6.07 Å². The fourth-order valence-electron chi connectivity index (χ4n) is 4.28. The lowest BCUT2D eigenvalue weighted by atomic mass is 10.1. The van der Waals surface area contributed by atoms with Crippen molar-refractivity contribution in [1.29, 1.82) is 0 Å². The molecule has 4 aromatic rings. The molecule has 150 valence electrons. The lowest BCUT2D eigenvalue weighted by Crippen LogP contribution is -2.06. The van der Waals surface area contributed by atoms with Gasteiger partial charge < -0.3 is 16.8 Å². The highest BCUT2D eigenvalue weighted by atomic mass is 15.2. The van der Waals surface area contributed by atoms with Crippen molar-refractivity contribution in [3.63, 3.8) is 0 Å². The summed E-state index contributed by atoms with van der Waals surface area (Å²) in [5.74, 6) is 2.07. The van der Waals surface area contributed by atoms with Crippen LogP contribution in [0.2, 0.25) is 0 Å². The average molecular weight is 397 g/mol. The molecule has 0 saturated heterocycles. The number of imidazole rings is 1. The number of pyridine rings is 2. The van der Waals surface area contributed by atoms with Crippen molar-refractivity contribution in [2.24, 2.45) is 5.73 Å². The van der Waals surface area contributed by atoms with Gasteiger partial charge in [0, 0.05) is 24.0 Å². The third-order valence-corrected chi connectivity index (χ3v) is 6.02. The molecule has 30 heavy (non-hydrogen) atoms. The zero-order chi connectivity index (χ0) is 20.2. The highest BCUT2D eigenvalue weighted by Crippen LogP contribution is 2.35. The van der Waals surface area contributed by atoms with Crippen LogP contribution in [0.4, 0.5) is 11.6 Å². The zero-order valence-electron chi connectivity index (χ0n) is 16.5. The van der Waals surface area contributed by atoms with E-state index in [9.17, 15) is 0 Å². The van der Waals surface area contributed by atoms with Crippen LogP contribution in [0.3, 0.4) is 0 Å². The largest absolute Gasteiger partial charge is 0.383 e. The Bertz CT molecular complexity index is 1270. The molecule has 6 rings (SSSR count). The molecule has 1 aromatic carbocycles. The van der Waals surface area contributed by atoms with Crippen molar-refractivity contribution < 1.29 is 0 Å². The van der Waals surface area contributed by atoms with Crippen LogP contribution in [0.15, 0.2) is 48.7 Å². The standard InChI is InChI=1S/C23H23N7/c24-18-8-3-13-12-15(6-7-16(13)18)30-22(17-2-1-11-26-21(17)25)28-19-9-10-20(29-23(19)30)27-14-4-5-14/h1-2,6-7,9-12,14,18H,3-5,8,24H2,(H2,25,26)(H,27,29). The van der Waals surface area contributed by atoms with E-state index in [1.54, 1.807) is 6.20 Å². The Balaban J connectivity index is 1.59. The maximum Gasteiger partial charge on any atom is 0.167 e. The van der Waals surface area contributed by atoms with Gasteiger partial charge in [-0.3, -0.25) is 4.57 Å². The number of anilines is 2. The van der Waals surface area contributed by atoms with Crippen molar-refractivity contribution in [3.05, 3.63) is 59.8 Å². The minimum atomic E-state index is 0.120. The normalized spacial score (nSPS) is 18.0. The van der Waals surface area contributed by atoms with E-state index in [0.29, 0.717) is 11.9 Å². The number of hydrogen-bond acceptors (Lipinski definition) is 6. The summed E-state index contributed by atoms with van der Waals surface area (Å²) in [7, 11) is 0. The van der Waals surface area contributed by atoms with E-state index < -0.39 is 0 Å². The van der Waals surface area contributed by atoms with Crippen molar-refractivity contribution in [2.45, 2.75) is 37.8 Å². The summed E-state index contributed by atoms with van der Waals surface area (Å²) >= 11 is 0. The van der Waals surface area contributed by atoms with Gasteiger partial charge in [0.15, 0.2) is 11.5 Å². The monoisotopic (exact) mass is 397 g/mol. The Morgan fingerprint density at radius 3 is 2.77 bits per heavy atom. The predicted octanol–water partition coefficient (Wildman–Crippen LogP) is 3.59. The van der Waals surface area contributed by atoms with Crippen molar-refractivity contribution in [2.75, 3.05) is 11.1 Å². The molecule has 2 aliphatic rings. The maximum atomic E-state index is 6.25. The van der Waals surface area contributed by atoms with Crippen molar-refractivity contribution >= 4 is 22.8 Å². The number of hydrogen-bond donors (Lipinski definition) is 3. The summed E-state index contributed by atoms with van der Waals surface area (Å²) in [6.07, 6.45) is 6.06. The fourth-order valence-corrected chi connectivity index (χ4v) is 4.28. The summed E-state index contributed by atoms with van der Waals surface area (Å²) in [5, 5.41) is 3.49. The van der Waals surface area contributed by atoms with Gasteiger partial charge >= 0.3 is 0 Å². The molecule has 7 heteroatoms. The Labute approximate surface area is 174 Å². The van der Waals surface area contributed by atoms with E-state index in [4.69, 9.17) is 21.4 Å². The number of nitrogens with zero attached hydrogens (tertiary/aromatic N) is 4. The second kappa shape index (κ2) is 6.53. The minimum Gasteiger partial charge on any atom is -0.383 e. The van der Waals surface area contributed by atoms with Crippen LogP contribution in [-0.2, 0) is 6.42 Å². The van der Waals surface area contributed by atoms with E-state index in [1.807, 2.05) is 24.3 Å². The number of rotatable bonds is 4. The molecule has 0 aliphatic heterocycles. The second-order valence-electron chi connectivity index (χ2n) is 8.19. The third kappa shape index (κ3) is 2.81. The molecule has 0 amide bonds. The summed E-state index contributed by atoms with van der Waals surface area (Å²) in [6.45, 7) is 0. The molecule has 3 heterocycles. The number of nitrogens with one attached hydrogen (secondary N) is 1. The average Bonchev–Trinajstić information content (AvgIpc) is 3.38. The molecule has 0 spiro atoms. The molecule has 0 bridgehead atoms. The second-order valence-corrected chi connectivity index (χ2v) is 8.19. The van der Waals surface area contributed by atoms with Crippen LogP contribution in [0.5, 0.6) is 0 Å². The number of aromatic nitrogens is 4. The van der Waals surface area contributed by atoms with Gasteiger partial charge in [-0.15, -0.1) is 0 Å². The molecular formula is C23H23N7.